The summed E-state index contributed by atoms with van der Waals surface area (Å²) in [4.78, 5) is 0. The molecule has 0 aromatic heterocycles. The molecule has 1 unspecified atom stereocenters. The van der Waals surface area contributed by atoms with Crippen molar-refractivity contribution in [1.82, 2.24) is 5.32 Å². The van der Waals surface area contributed by atoms with Crippen molar-refractivity contribution < 1.29 is 4.74 Å². The van der Waals surface area contributed by atoms with Gasteiger partial charge in [-0.15, -0.1) is 0 Å². The minimum Gasteiger partial charge on any atom is -0.383 e. The van der Waals surface area contributed by atoms with E-state index in [0.717, 1.165) is 25.6 Å². The molecule has 0 radical (unpaired) electrons. The lowest BCUT2D eigenvalue weighted by molar-refractivity contribution is 0.198. The zero-order chi connectivity index (χ0) is 14.1. The lowest BCUT2D eigenvalue weighted by atomic mass is 9.88. The summed E-state index contributed by atoms with van der Waals surface area (Å²) in [5, 5.41) is 3.51. The van der Waals surface area contributed by atoms with Crippen molar-refractivity contribution in [3.8, 4) is 0 Å². The van der Waals surface area contributed by atoms with Gasteiger partial charge in [-0.3, -0.25) is 0 Å². The summed E-state index contributed by atoms with van der Waals surface area (Å²) in [5.74, 6) is 1.38. The Morgan fingerprint density at radius 3 is 2.53 bits per heavy atom. The van der Waals surface area contributed by atoms with Gasteiger partial charge in [-0.25, -0.2) is 0 Å². The number of methoxy groups -OCH3 is 1. The summed E-state index contributed by atoms with van der Waals surface area (Å²) in [6, 6.07) is 8.77. The Morgan fingerprint density at radius 2 is 1.89 bits per heavy atom. The molecule has 1 N–H and O–H groups in total. The maximum Gasteiger partial charge on any atom is 0.0587 e. The third kappa shape index (κ3) is 6.22. The van der Waals surface area contributed by atoms with Crippen LogP contribution in [0.2, 0.25) is 0 Å². The quantitative estimate of drug-likeness (QED) is 0.685. The number of aryl methyl sites for hydroxylation is 1. The summed E-state index contributed by atoms with van der Waals surface area (Å²) < 4.78 is 5.09. The van der Waals surface area contributed by atoms with E-state index in [2.05, 4.69) is 50.4 Å². The first-order chi connectivity index (χ1) is 9.15. The van der Waals surface area contributed by atoms with Crippen LogP contribution in [0, 0.1) is 12.8 Å². The molecule has 0 spiro atoms. The number of nitrogens with one attached hydrogen (secondary N) is 1. The Kier molecular flexibility index (Phi) is 7.76. The van der Waals surface area contributed by atoms with Crippen LogP contribution in [0.1, 0.15) is 43.7 Å². The average Bonchev–Trinajstić information content (AvgIpc) is 2.39. The van der Waals surface area contributed by atoms with Crippen molar-refractivity contribution in [2.75, 3.05) is 26.8 Å². The van der Waals surface area contributed by atoms with Crippen LogP contribution in [-0.4, -0.2) is 26.8 Å². The molecule has 0 aliphatic rings. The van der Waals surface area contributed by atoms with Crippen LogP contribution in [-0.2, 0) is 4.74 Å². The smallest absolute Gasteiger partial charge is 0.0587 e. The summed E-state index contributed by atoms with van der Waals surface area (Å²) in [6.07, 6.45) is 2.54. The van der Waals surface area contributed by atoms with Crippen LogP contribution in [0.3, 0.4) is 0 Å². The van der Waals surface area contributed by atoms with Gasteiger partial charge in [-0.1, -0.05) is 44.5 Å². The van der Waals surface area contributed by atoms with Crippen molar-refractivity contribution in [1.29, 1.82) is 0 Å². The molecular weight excluding hydrogens is 234 g/mol. The van der Waals surface area contributed by atoms with Gasteiger partial charge in [0.25, 0.3) is 0 Å². The highest BCUT2D eigenvalue weighted by molar-refractivity contribution is 5.29. The molecule has 0 saturated carbocycles. The molecule has 1 aromatic carbocycles. The van der Waals surface area contributed by atoms with Crippen molar-refractivity contribution in [3.05, 3.63) is 35.4 Å². The van der Waals surface area contributed by atoms with Crippen LogP contribution in [0.4, 0.5) is 0 Å². The average molecular weight is 263 g/mol. The maximum atomic E-state index is 5.09. The van der Waals surface area contributed by atoms with Crippen molar-refractivity contribution >= 4 is 0 Å². The van der Waals surface area contributed by atoms with E-state index in [1.165, 1.54) is 24.0 Å². The molecule has 0 aliphatic heterocycles. The molecular formula is C17H29NO. The molecule has 0 aliphatic carbocycles. The first-order valence-corrected chi connectivity index (χ1v) is 7.40. The van der Waals surface area contributed by atoms with Crippen LogP contribution in [0.25, 0.3) is 0 Å². The Morgan fingerprint density at radius 1 is 1.16 bits per heavy atom. The van der Waals surface area contributed by atoms with Gasteiger partial charge in [0.05, 0.1) is 6.61 Å². The Hall–Kier alpha value is -0.860. The highest BCUT2D eigenvalue weighted by Crippen LogP contribution is 2.25. The van der Waals surface area contributed by atoms with Crippen molar-refractivity contribution in [2.24, 2.45) is 5.92 Å². The number of hydrogen-bond acceptors (Lipinski definition) is 2. The minimum absolute atomic E-state index is 0.612. The Balaban J connectivity index is 2.60. The fraction of sp³-hybridized carbons (Fsp3) is 0.647. The fourth-order valence-electron chi connectivity index (χ4n) is 2.40. The van der Waals surface area contributed by atoms with Crippen LogP contribution in [0.15, 0.2) is 24.3 Å². The van der Waals surface area contributed by atoms with Crippen LogP contribution >= 0.6 is 0 Å². The molecule has 0 heterocycles. The fourth-order valence-corrected chi connectivity index (χ4v) is 2.40. The van der Waals surface area contributed by atoms with Crippen LogP contribution < -0.4 is 5.32 Å². The molecule has 2 nitrogen and oxygen atoms in total. The SMILES string of the molecule is COCCNCC(CCC(C)C)c1ccccc1C. The number of rotatable bonds is 9. The standard InChI is InChI=1S/C17H29NO/c1-14(2)9-10-16(13-18-11-12-19-4)17-8-6-5-7-15(17)3/h5-8,14,16,18H,9-13H2,1-4H3. The molecule has 0 saturated heterocycles. The van der Waals surface area contributed by atoms with E-state index in [9.17, 15) is 0 Å². The molecule has 108 valence electrons. The lowest BCUT2D eigenvalue weighted by Gasteiger charge is -2.21. The zero-order valence-electron chi connectivity index (χ0n) is 12.9. The number of hydrogen-bond donors (Lipinski definition) is 1. The second kappa shape index (κ2) is 9.11. The van der Waals surface area contributed by atoms with Gasteiger partial charge in [-0.2, -0.15) is 0 Å². The normalized spacial score (nSPS) is 12.9. The lowest BCUT2D eigenvalue weighted by Crippen LogP contribution is -2.25. The van der Waals surface area contributed by atoms with Crippen molar-refractivity contribution in [3.63, 3.8) is 0 Å². The third-order valence-electron chi connectivity index (χ3n) is 3.59. The predicted molar refractivity (Wildman–Crippen MR) is 82.7 cm³/mol. The van der Waals surface area contributed by atoms with Gasteiger partial charge in [0.2, 0.25) is 0 Å². The molecule has 0 amide bonds. The Bertz CT molecular complexity index is 349. The maximum absolute atomic E-state index is 5.09. The van der Waals surface area contributed by atoms with E-state index in [0.29, 0.717) is 5.92 Å². The van der Waals surface area contributed by atoms with Gasteiger partial charge < -0.3 is 10.1 Å². The van der Waals surface area contributed by atoms with E-state index in [1.807, 2.05) is 0 Å². The molecule has 0 bridgehead atoms. The zero-order valence-corrected chi connectivity index (χ0v) is 12.9. The largest absolute Gasteiger partial charge is 0.383 e. The van der Waals surface area contributed by atoms with E-state index in [1.54, 1.807) is 7.11 Å². The van der Waals surface area contributed by atoms with E-state index < -0.39 is 0 Å². The molecule has 1 rings (SSSR count). The molecule has 19 heavy (non-hydrogen) atoms. The van der Waals surface area contributed by atoms with E-state index in [-0.39, 0.29) is 0 Å². The Labute approximate surface area is 118 Å². The topological polar surface area (TPSA) is 21.3 Å². The van der Waals surface area contributed by atoms with E-state index in [4.69, 9.17) is 4.74 Å². The monoisotopic (exact) mass is 263 g/mol. The first-order valence-electron chi connectivity index (χ1n) is 7.40. The summed E-state index contributed by atoms with van der Waals surface area (Å²) in [7, 11) is 1.75. The van der Waals surface area contributed by atoms with Gasteiger partial charge in [-0.05, 0) is 36.3 Å². The second-order valence-corrected chi connectivity index (χ2v) is 5.72. The second-order valence-electron chi connectivity index (χ2n) is 5.72. The van der Waals surface area contributed by atoms with Gasteiger partial charge >= 0.3 is 0 Å². The number of benzene rings is 1. The highest BCUT2D eigenvalue weighted by atomic mass is 16.5. The first kappa shape index (κ1) is 16.2. The summed E-state index contributed by atoms with van der Waals surface area (Å²) >= 11 is 0. The summed E-state index contributed by atoms with van der Waals surface area (Å²) in [6.45, 7) is 9.57. The predicted octanol–water partition coefficient (Wildman–Crippen LogP) is 3.75. The van der Waals surface area contributed by atoms with E-state index >= 15 is 0 Å². The van der Waals surface area contributed by atoms with Crippen molar-refractivity contribution in [2.45, 2.75) is 39.5 Å². The highest BCUT2D eigenvalue weighted by Gasteiger charge is 2.13. The van der Waals surface area contributed by atoms with Crippen LogP contribution in [0.5, 0.6) is 0 Å². The van der Waals surface area contributed by atoms with Gasteiger partial charge in [0.1, 0.15) is 0 Å². The number of ether oxygens (including phenoxy) is 1. The minimum atomic E-state index is 0.612. The van der Waals surface area contributed by atoms with Gasteiger partial charge in [0, 0.05) is 20.2 Å². The van der Waals surface area contributed by atoms with Gasteiger partial charge in [0.15, 0.2) is 0 Å². The summed E-state index contributed by atoms with van der Waals surface area (Å²) in [5.41, 5.74) is 2.90. The molecule has 1 atom stereocenters. The third-order valence-corrected chi connectivity index (χ3v) is 3.59. The molecule has 0 fully saturated rings. The molecule has 1 aromatic rings. The molecule has 2 heteroatoms.